The standard InChI is InChI=1S/C14H20N2O3S/c1-11-5-3-4-6-13(11)16(20(2,18)19)10-9-14(17)15-12-7-8-12/h3-6,12H,7-10H2,1-2H3,(H,15,17). The van der Waals surface area contributed by atoms with Gasteiger partial charge in [0.25, 0.3) is 0 Å². The van der Waals surface area contributed by atoms with Crippen molar-refractivity contribution in [2.75, 3.05) is 17.1 Å². The molecule has 0 aromatic heterocycles. The molecule has 1 aliphatic rings. The lowest BCUT2D eigenvalue weighted by Gasteiger charge is -2.23. The Labute approximate surface area is 120 Å². The van der Waals surface area contributed by atoms with Crippen LogP contribution in [0.1, 0.15) is 24.8 Å². The predicted octanol–water partition coefficient (Wildman–Crippen LogP) is 1.43. The first-order valence-electron chi connectivity index (χ1n) is 6.70. The number of para-hydroxylation sites is 1. The molecule has 0 unspecified atom stereocenters. The molecule has 6 heteroatoms. The zero-order chi connectivity index (χ0) is 14.8. The van der Waals surface area contributed by atoms with Crippen LogP contribution in [0.4, 0.5) is 5.69 Å². The topological polar surface area (TPSA) is 66.5 Å². The zero-order valence-corrected chi connectivity index (χ0v) is 12.6. The number of nitrogens with one attached hydrogen (secondary N) is 1. The molecule has 1 aliphatic carbocycles. The molecule has 5 nitrogen and oxygen atoms in total. The van der Waals surface area contributed by atoms with E-state index in [1.807, 2.05) is 19.1 Å². The van der Waals surface area contributed by atoms with Gasteiger partial charge in [-0.15, -0.1) is 0 Å². The molecular weight excluding hydrogens is 276 g/mol. The number of sulfonamides is 1. The lowest BCUT2D eigenvalue weighted by molar-refractivity contribution is -0.121. The van der Waals surface area contributed by atoms with Gasteiger partial charge in [-0.25, -0.2) is 8.42 Å². The fourth-order valence-electron chi connectivity index (χ4n) is 2.04. The molecule has 0 aliphatic heterocycles. The number of carbonyl (C=O) groups excluding carboxylic acids is 1. The molecule has 1 N–H and O–H groups in total. The normalized spacial score (nSPS) is 14.9. The Morgan fingerprint density at radius 2 is 2.00 bits per heavy atom. The van der Waals surface area contributed by atoms with E-state index in [2.05, 4.69) is 5.32 Å². The first-order valence-corrected chi connectivity index (χ1v) is 8.55. The second kappa shape index (κ2) is 5.83. The molecule has 0 atom stereocenters. The average Bonchev–Trinajstić information content (AvgIpc) is 3.14. The van der Waals surface area contributed by atoms with Crippen LogP contribution < -0.4 is 9.62 Å². The molecule has 1 aromatic rings. The first kappa shape index (κ1) is 14.8. The van der Waals surface area contributed by atoms with Crippen LogP contribution in [0.5, 0.6) is 0 Å². The van der Waals surface area contributed by atoms with E-state index in [4.69, 9.17) is 0 Å². The van der Waals surface area contributed by atoms with E-state index in [-0.39, 0.29) is 18.9 Å². The van der Waals surface area contributed by atoms with Gasteiger partial charge in [-0.2, -0.15) is 0 Å². The molecular formula is C14H20N2O3S. The summed E-state index contributed by atoms with van der Waals surface area (Å²) in [5, 5.41) is 2.87. The van der Waals surface area contributed by atoms with Gasteiger partial charge < -0.3 is 5.32 Å². The monoisotopic (exact) mass is 296 g/mol. The summed E-state index contributed by atoms with van der Waals surface area (Å²) in [6.45, 7) is 2.03. The minimum atomic E-state index is -3.40. The van der Waals surface area contributed by atoms with Crippen LogP contribution in [0, 0.1) is 6.92 Å². The maximum absolute atomic E-state index is 11.9. The van der Waals surface area contributed by atoms with Crippen LogP contribution >= 0.6 is 0 Å². The second-order valence-electron chi connectivity index (χ2n) is 5.21. The zero-order valence-electron chi connectivity index (χ0n) is 11.8. The van der Waals surface area contributed by atoms with Gasteiger partial charge in [-0.1, -0.05) is 18.2 Å². The third-order valence-electron chi connectivity index (χ3n) is 3.27. The lowest BCUT2D eigenvalue weighted by atomic mass is 10.2. The molecule has 0 bridgehead atoms. The van der Waals surface area contributed by atoms with E-state index in [9.17, 15) is 13.2 Å². The molecule has 0 heterocycles. The number of anilines is 1. The Balaban J connectivity index is 2.08. The molecule has 2 rings (SSSR count). The van der Waals surface area contributed by atoms with Crippen LogP contribution in [0.2, 0.25) is 0 Å². The number of hydrogen-bond donors (Lipinski definition) is 1. The Morgan fingerprint density at radius 1 is 1.35 bits per heavy atom. The van der Waals surface area contributed by atoms with Crippen molar-refractivity contribution < 1.29 is 13.2 Å². The van der Waals surface area contributed by atoms with E-state index in [1.165, 1.54) is 4.31 Å². The van der Waals surface area contributed by atoms with Crippen LogP contribution in [0.15, 0.2) is 24.3 Å². The summed E-state index contributed by atoms with van der Waals surface area (Å²) < 4.78 is 25.2. The van der Waals surface area contributed by atoms with Crippen molar-refractivity contribution in [2.24, 2.45) is 0 Å². The highest BCUT2D eigenvalue weighted by Gasteiger charge is 2.24. The minimum Gasteiger partial charge on any atom is -0.353 e. The highest BCUT2D eigenvalue weighted by atomic mass is 32.2. The molecule has 1 fully saturated rings. The third kappa shape index (κ3) is 3.96. The number of aryl methyl sites for hydroxylation is 1. The summed E-state index contributed by atoms with van der Waals surface area (Å²) in [6.07, 6.45) is 3.40. The summed E-state index contributed by atoms with van der Waals surface area (Å²) >= 11 is 0. The van der Waals surface area contributed by atoms with Gasteiger partial charge in [0.1, 0.15) is 0 Å². The van der Waals surface area contributed by atoms with Crippen LogP contribution in [0.3, 0.4) is 0 Å². The van der Waals surface area contributed by atoms with Crippen molar-refractivity contribution in [1.29, 1.82) is 0 Å². The third-order valence-corrected chi connectivity index (χ3v) is 4.45. The quantitative estimate of drug-likeness (QED) is 0.863. The summed E-state index contributed by atoms with van der Waals surface area (Å²) in [5.41, 5.74) is 1.51. The molecule has 1 amide bonds. The van der Waals surface area contributed by atoms with Gasteiger partial charge >= 0.3 is 0 Å². The van der Waals surface area contributed by atoms with Crippen molar-refractivity contribution in [3.05, 3.63) is 29.8 Å². The molecule has 110 valence electrons. The summed E-state index contributed by atoms with van der Waals surface area (Å²) in [5.74, 6) is -0.0882. The van der Waals surface area contributed by atoms with E-state index >= 15 is 0 Å². The summed E-state index contributed by atoms with van der Waals surface area (Å²) in [4.78, 5) is 11.7. The predicted molar refractivity (Wildman–Crippen MR) is 79.2 cm³/mol. The molecule has 0 spiro atoms. The lowest BCUT2D eigenvalue weighted by Crippen LogP contribution is -2.35. The van der Waals surface area contributed by atoms with Crippen molar-refractivity contribution in [3.63, 3.8) is 0 Å². The van der Waals surface area contributed by atoms with E-state index in [1.54, 1.807) is 12.1 Å². The number of hydrogen-bond acceptors (Lipinski definition) is 3. The average molecular weight is 296 g/mol. The van der Waals surface area contributed by atoms with Crippen molar-refractivity contribution in [1.82, 2.24) is 5.32 Å². The maximum Gasteiger partial charge on any atom is 0.232 e. The Morgan fingerprint density at radius 3 is 2.55 bits per heavy atom. The molecule has 20 heavy (non-hydrogen) atoms. The second-order valence-corrected chi connectivity index (χ2v) is 7.12. The molecule has 1 saturated carbocycles. The first-order chi connectivity index (χ1) is 9.38. The number of benzene rings is 1. The van der Waals surface area contributed by atoms with E-state index in [0.29, 0.717) is 11.7 Å². The Kier molecular flexibility index (Phi) is 4.32. The van der Waals surface area contributed by atoms with Gasteiger partial charge in [-0.05, 0) is 31.4 Å². The summed E-state index contributed by atoms with van der Waals surface area (Å²) in [6, 6.07) is 7.57. The van der Waals surface area contributed by atoms with E-state index in [0.717, 1.165) is 24.7 Å². The van der Waals surface area contributed by atoms with Gasteiger partial charge in [0.05, 0.1) is 11.9 Å². The molecule has 0 saturated heterocycles. The number of nitrogens with zero attached hydrogens (tertiary/aromatic N) is 1. The molecule has 1 aromatic carbocycles. The maximum atomic E-state index is 11.9. The largest absolute Gasteiger partial charge is 0.353 e. The smallest absolute Gasteiger partial charge is 0.232 e. The Hall–Kier alpha value is -1.56. The number of amides is 1. The molecule has 0 radical (unpaired) electrons. The SMILES string of the molecule is Cc1ccccc1N(CCC(=O)NC1CC1)S(C)(=O)=O. The highest BCUT2D eigenvalue weighted by molar-refractivity contribution is 7.92. The van der Waals surface area contributed by atoms with Gasteiger partial charge in [0, 0.05) is 19.0 Å². The van der Waals surface area contributed by atoms with Gasteiger partial charge in [0.15, 0.2) is 0 Å². The van der Waals surface area contributed by atoms with Gasteiger partial charge in [-0.3, -0.25) is 9.10 Å². The van der Waals surface area contributed by atoms with Crippen molar-refractivity contribution >= 4 is 21.6 Å². The fourth-order valence-corrected chi connectivity index (χ4v) is 3.02. The van der Waals surface area contributed by atoms with Crippen LogP contribution in [-0.4, -0.2) is 33.2 Å². The Bertz CT molecular complexity index is 594. The van der Waals surface area contributed by atoms with Crippen LogP contribution in [-0.2, 0) is 14.8 Å². The van der Waals surface area contributed by atoms with Gasteiger partial charge in [0.2, 0.25) is 15.9 Å². The van der Waals surface area contributed by atoms with Crippen molar-refractivity contribution in [3.8, 4) is 0 Å². The van der Waals surface area contributed by atoms with E-state index < -0.39 is 10.0 Å². The highest BCUT2D eigenvalue weighted by Crippen LogP contribution is 2.22. The number of carbonyl (C=O) groups is 1. The fraction of sp³-hybridized carbons (Fsp3) is 0.500. The van der Waals surface area contributed by atoms with Crippen molar-refractivity contribution in [2.45, 2.75) is 32.2 Å². The minimum absolute atomic E-state index is 0.0882. The number of rotatable bonds is 6. The van der Waals surface area contributed by atoms with Crippen LogP contribution in [0.25, 0.3) is 0 Å². The summed E-state index contributed by atoms with van der Waals surface area (Å²) in [7, 11) is -3.40.